The molecule has 0 N–H and O–H groups in total. The Hall–Kier alpha value is -1.96. The molecule has 1 saturated carbocycles. The van der Waals surface area contributed by atoms with Crippen LogP contribution in [0.4, 0.5) is 0 Å². The maximum absolute atomic E-state index is 12.7. The third-order valence-electron chi connectivity index (χ3n) is 5.42. The molecule has 2 amide bonds. The summed E-state index contributed by atoms with van der Waals surface area (Å²) < 4.78 is 7.45. The average Bonchev–Trinajstić information content (AvgIpc) is 3.40. The summed E-state index contributed by atoms with van der Waals surface area (Å²) in [6.45, 7) is 2.63. The lowest BCUT2D eigenvalue weighted by Gasteiger charge is -2.31. The van der Waals surface area contributed by atoms with Gasteiger partial charge >= 0.3 is 0 Å². The molecule has 0 aromatic carbocycles. The second-order valence-electron chi connectivity index (χ2n) is 7.20. The van der Waals surface area contributed by atoms with Gasteiger partial charge in [-0.05, 0) is 32.1 Å². The molecule has 0 spiro atoms. The Morgan fingerprint density at radius 2 is 2.00 bits per heavy atom. The number of ether oxygens (including phenoxy) is 1. The number of carbonyl (C=O) groups is 2. The predicted molar refractivity (Wildman–Crippen MR) is 88.6 cm³/mol. The van der Waals surface area contributed by atoms with Crippen LogP contribution >= 0.6 is 0 Å². The Bertz CT molecular complexity index is 669. The van der Waals surface area contributed by atoms with Crippen molar-refractivity contribution in [3.05, 3.63) is 11.6 Å². The molecule has 3 heterocycles. The van der Waals surface area contributed by atoms with Crippen LogP contribution in [-0.4, -0.2) is 69.2 Å². The quantitative estimate of drug-likeness (QED) is 0.793. The lowest BCUT2D eigenvalue weighted by Crippen LogP contribution is -2.47. The molecular formula is C17H25N5O3. The zero-order valence-corrected chi connectivity index (χ0v) is 14.7. The van der Waals surface area contributed by atoms with Crippen molar-refractivity contribution in [1.82, 2.24) is 24.6 Å². The number of hydrogen-bond acceptors (Lipinski definition) is 5. The van der Waals surface area contributed by atoms with E-state index in [2.05, 4.69) is 14.8 Å². The van der Waals surface area contributed by atoms with Gasteiger partial charge < -0.3 is 19.1 Å². The lowest BCUT2D eigenvalue weighted by atomic mass is 10.2. The second kappa shape index (κ2) is 6.74. The molecule has 1 atom stereocenters. The molecule has 25 heavy (non-hydrogen) atoms. The maximum Gasteiger partial charge on any atom is 0.252 e. The number of aromatic nitrogens is 3. The Morgan fingerprint density at radius 3 is 2.76 bits per heavy atom. The number of amides is 2. The van der Waals surface area contributed by atoms with E-state index in [1.807, 2.05) is 0 Å². The number of likely N-dealkylation sites (tertiary alicyclic amines) is 1. The largest absolute Gasteiger partial charge is 0.372 e. The monoisotopic (exact) mass is 347 g/mol. The SMILES string of the molecule is COC1CCCCN(CC(=O)N2CCn3c(nnc3C3CC3)C2)C1=O. The summed E-state index contributed by atoms with van der Waals surface area (Å²) in [4.78, 5) is 28.6. The van der Waals surface area contributed by atoms with Crippen LogP contribution in [0, 0.1) is 0 Å². The van der Waals surface area contributed by atoms with Crippen molar-refractivity contribution in [2.24, 2.45) is 0 Å². The maximum atomic E-state index is 12.7. The van der Waals surface area contributed by atoms with Gasteiger partial charge in [-0.15, -0.1) is 10.2 Å². The highest BCUT2D eigenvalue weighted by atomic mass is 16.5. The van der Waals surface area contributed by atoms with Gasteiger partial charge in [0, 0.05) is 32.7 Å². The first-order valence-electron chi connectivity index (χ1n) is 9.18. The Balaban J connectivity index is 1.40. The van der Waals surface area contributed by atoms with Crippen LogP contribution in [0.15, 0.2) is 0 Å². The number of fused-ring (bicyclic) bond motifs is 1. The van der Waals surface area contributed by atoms with Crippen molar-refractivity contribution >= 4 is 11.8 Å². The first-order valence-corrected chi connectivity index (χ1v) is 9.18. The van der Waals surface area contributed by atoms with Crippen molar-refractivity contribution in [3.63, 3.8) is 0 Å². The predicted octanol–water partition coefficient (Wildman–Crippen LogP) is 0.525. The van der Waals surface area contributed by atoms with Gasteiger partial charge in [-0.2, -0.15) is 0 Å². The van der Waals surface area contributed by atoms with Crippen molar-refractivity contribution in [2.75, 3.05) is 26.7 Å². The van der Waals surface area contributed by atoms with Crippen LogP contribution in [0.3, 0.4) is 0 Å². The molecule has 1 aliphatic carbocycles. The van der Waals surface area contributed by atoms with Gasteiger partial charge in [0.25, 0.3) is 5.91 Å². The van der Waals surface area contributed by atoms with Crippen LogP contribution in [0.1, 0.15) is 49.7 Å². The van der Waals surface area contributed by atoms with Crippen molar-refractivity contribution in [2.45, 2.75) is 57.2 Å². The first-order chi connectivity index (χ1) is 12.2. The topological polar surface area (TPSA) is 80.6 Å². The van der Waals surface area contributed by atoms with Crippen molar-refractivity contribution < 1.29 is 14.3 Å². The fraction of sp³-hybridized carbons (Fsp3) is 0.765. The average molecular weight is 347 g/mol. The van der Waals surface area contributed by atoms with E-state index in [4.69, 9.17) is 4.74 Å². The number of rotatable bonds is 4. The van der Waals surface area contributed by atoms with E-state index in [1.54, 1.807) is 16.9 Å². The van der Waals surface area contributed by atoms with Gasteiger partial charge in [0.15, 0.2) is 5.82 Å². The normalized spacial score (nSPS) is 24.2. The van der Waals surface area contributed by atoms with E-state index >= 15 is 0 Å². The molecule has 0 radical (unpaired) electrons. The molecule has 8 nitrogen and oxygen atoms in total. The van der Waals surface area contributed by atoms with E-state index in [0.29, 0.717) is 25.6 Å². The van der Waals surface area contributed by atoms with Gasteiger partial charge in [0.05, 0.1) is 13.1 Å². The highest BCUT2D eigenvalue weighted by Gasteiger charge is 2.34. The fourth-order valence-electron chi connectivity index (χ4n) is 3.75. The standard InChI is InChI=1S/C17H25N5O3/c1-25-13-4-2-3-7-21(17(13)24)11-15(23)20-8-9-22-14(10-20)18-19-16(22)12-5-6-12/h12-13H,2-11H2,1H3. The van der Waals surface area contributed by atoms with Crippen LogP contribution in [-0.2, 0) is 27.4 Å². The summed E-state index contributed by atoms with van der Waals surface area (Å²) in [7, 11) is 1.56. The van der Waals surface area contributed by atoms with Gasteiger partial charge in [0.2, 0.25) is 5.91 Å². The second-order valence-corrected chi connectivity index (χ2v) is 7.20. The minimum absolute atomic E-state index is 0.0210. The zero-order valence-electron chi connectivity index (χ0n) is 14.7. The highest BCUT2D eigenvalue weighted by Crippen LogP contribution is 2.39. The molecule has 3 aliphatic rings. The van der Waals surface area contributed by atoms with Gasteiger partial charge in [-0.3, -0.25) is 9.59 Å². The Labute approximate surface area is 147 Å². The summed E-state index contributed by atoms with van der Waals surface area (Å²) in [5.41, 5.74) is 0. The highest BCUT2D eigenvalue weighted by molar-refractivity contribution is 5.87. The van der Waals surface area contributed by atoms with Crippen LogP contribution in [0.5, 0.6) is 0 Å². The first kappa shape index (κ1) is 16.5. The number of methoxy groups -OCH3 is 1. The van der Waals surface area contributed by atoms with E-state index in [1.165, 1.54) is 12.8 Å². The summed E-state index contributed by atoms with van der Waals surface area (Å²) in [6, 6.07) is 0. The molecule has 1 aromatic rings. The number of hydrogen-bond donors (Lipinski definition) is 0. The molecule has 1 saturated heterocycles. The van der Waals surface area contributed by atoms with Crippen LogP contribution in [0.25, 0.3) is 0 Å². The van der Waals surface area contributed by atoms with Crippen LogP contribution in [0.2, 0.25) is 0 Å². The van der Waals surface area contributed by atoms with Gasteiger partial charge in [-0.25, -0.2) is 0 Å². The Kier molecular flexibility index (Phi) is 4.45. The van der Waals surface area contributed by atoms with E-state index in [0.717, 1.165) is 37.5 Å². The molecule has 1 aromatic heterocycles. The third kappa shape index (κ3) is 3.27. The smallest absolute Gasteiger partial charge is 0.252 e. The molecule has 4 rings (SSSR count). The van der Waals surface area contributed by atoms with E-state index in [9.17, 15) is 9.59 Å². The molecular weight excluding hydrogens is 322 g/mol. The molecule has 1 unspecified atom stereocenters. The minimum Gasteiger partial charge on any atom is -0.372 e. The number of carbonyl (C=O) groups excluding carboxylic acids is 2. The summed E-state index contributed by atoms with van der Waals surface area (Å²) in [6.07, 6.45) is 4.57. The van der Waals surface area contributed by atoms with Crippen molar-refractivity contribution in [1.29, 1.82) is 0 Å². The lowest BCUT2D eigenvalue weighted by molar-refractivity contribution is -0.147. The van der Waals surface area contributed by atoms with Crippen LogP contribution < -0.4 is 0 Å². The third-order valence-corrected chi connectivity index (χ3v) is 5.42. The molecule has 136 valence electrons. The van der Waals surface area contributed by atoms with E-state index in [-0.39, 0.29) is 18.4 Å². The van der Waals surface area contributed by atoms with E-state index < -0.39 is 6.10 Å². The van der Waals surface area contributed by atoms with Gasteiger partial charge in [0.1, 0.15) is 11.9 Å². The molecule has 2 fully saturated rings. The molecule has 8 heteroatoms. The zero-order chi connectivity index (χ0) is 17.4. The molecule has 0 bridgehead atoms. The summed E-state index contributed by atoms with van der Waals surface area (Å²) in [5, 5.41) is 8.58. The minimum atomic E-state index is -0.416. The summed E-state index contributed by atoms with van der Waals surface area (Å²) in [5.74, 6) is 2.41. The summed E-state index contributed by atoms with van der Waals surface area (Å²) >= 11 is 0. The fourth-order valence-corrected chi connectivity index (χ4v) is 3.75. The van der Waals surface area contributed by atoms with Gasteiger partial charge in [-0.1, -0.05) is 0 Å². The Morgan fingerprint density at radius 1 is 1.16 bits per heavy atom. The molecule has 2 aliphatic heterocycles. The number of nitrogens with zero attached hydrogens (tertiary/aromatic N) is 5. The van der Waals surface area contributed by atoms with Crippen molar-refractivity contribution in [3.8, 4) is 0 Å².